The highest BCUT2D eigenvalue weighted by atomic mass is 19.2. The Morgan fingerprint density at radius 3 is 2.40 bits per heavy atom. The summed E-state index contributed by atoms with van der Waals surface area (Å²) >= 11 is 0. The Bertz CT molecular complexity index is 413. The van der Waals surface area contributed by atoms with Gasteiger partial charge in [0.1, 0.15) is 0 Å². The first kappa shape index (κ1) is 10.1. The van der Waals surface area contributed by atoms with Crippen molar-refractivity contribution in [3.63, 3.8) is 0 Å². The van der Waals surface area contributed by atoms with E-state index in [0.717, 1.165) is 6.07 Å². The smallest absolute Gasteiger partial charge is 0.314 e. The average molecular weight is 212 g/mol. The number of hydrogen-bond acceptors (Lipinski definition) is 1. The molecule has 1 N–H and O–H groups in total. The maximum Gasteiger partial charge on any atom is 0.314 e. The predicted molar refractivity (Wildman–Crippen MR) is 49.6 cm³/mol. The molecule has 1 saturated carbocycles. The number of hydrogen-bond donors (Lipinski definition) is 1. The van der Waals surface area contributed by atoms with E-state index in [-0.39, 0.29) is 5.56 Å². The summed E-state index contributed by atoms with van der Waals surface area (Å²) in [7, 11) is 0. The Balaban J connectivity index is 2.51. The van der Waals surface area contributed by atoms with Crippen molar-refractivity contribution in [2.45, 2.75) is 25.2 Å². The summed E-state index contributed by atoms with van der Waals surface area (Å²) in [6.45, 7) is 1.43. The number of benzene rings is 1. The van der Waals surface area contributed by atoms with Crippen LogP contribution in [0.5, 0.6) is 0 Å². The lowest BCUT2D eigenvalue weighted by atomic mass is 9.94. The van der Waals surface area contributed by atoms with Crippen LogP contribution in [0.25, 0.3) is 0 Å². The van der Waals surface area contributed by atoms with Crippen molar-refractivity contribution in [3.8, 4) is 0 Å². The van der Waals surface area contributed by atoms with Gasteiger partial charge in [0, 0.05) is 0 Å². The van der Waals surface area contributed by atoms with Crippen molar-refractivity contribution in [3.05, 3.63) is 34.9 Å². The van der Waals surface area contributed by atoms with E-state index in [2.05, 4.69) is 0 Å². The van der Waals surface area contributed by atoms with Gasteiger partial charge in [-0.15, -0.1) is 0 Å². The first-order valence-corrected chi connectivity index (χ1v) is 4.67. The van der Waals surface area contributed by atoms with Gasteiger partial charge in [0.15, 0.2) is 11.6 Å². The summed E-state index contributed by atoms with van der Waals surface area (Å²) in [5.41, 5.74) is -0.455. The quantitative estimate of drug-likeness (QED) is 0.817. The Labute approximate surface area is 85.5 Å². The van der Waals surface area contributed by atoms with E-state index >= 15 is 0 Å². The zero-order valence-electron chi connectivity index (χ0n) is 8.18. The maximum atomic E-state index is 13.1. The highest BCUT2D eigenvalue weighted by Crippen LogP contribution is 2.48. The van der Waals surface area contributed by atoms with Crippen molar-refractivity contribution < 1.29 is 18.7 Å². The lowest BCUT2D eigenvalue weighted by Gasteiger charge is -2.11. The minimum Gasteiger partial charge on any atom is -0.481 e. The molecule has 0 radical (unpaired) electrons. The van der Waals surface area contributed by atoms with Gasteiger partial charge in [0.05, 0.1) is 5.41 Å². The van der Waals surface area contributed by atoms with Gasteiger partial charge in [0.25, 0.3) is 0 Å². The van der Waals surface area contributed by atoms with Crippen LogP contribution in [-0.4, -0.2) is 11.1 Å². The molecule has 1 aromatic rings. The minimum absolute atomic E-state index is 0.150. The van der Waals surface area contributed by atoms with Crippen molar-refractivity contribution in [2.24, 2.45) is 0 Å². The van der Waals surface area contributed by atoms with Gasteiger partial charge in [-0.05, 0) is 37.0 Å². The molecule has 0 spiro atoms. The largest absolute Gasteiger partial charge is 0.481 e. The molecule has 1 fully saturated rings. The third-order valence-electron chi connectivity index (χ3n) is 2.92. The number of aryl methyl sites for hydroxylation is 1. The summed E-state index contributed by atoms with van der Waals surface area (Å²) in [6, 6.07) is 2.41. The van der Waals surface area contributed by atoms with Crippen LogP contribution in [0.3, 0.4) is 0 Å². The fourth-order valence-electron chi connectivity index (χ4n) is 1.75. The average Bonchev–Trinajstić information content (AvgIpc) is 2.93. The molecule has 0 atom stereocenters. The molecule has 0 unspecified atom stereocenters. The van der Waals surface area contributed by atoms with Gasteiger partial charge in [-0.2, -0.15) is 0 Å². The van der Waals surface area contributed by atoms with Crippen LogP contribution in [0.2, 0.25) is 0 Å². The third kappa shape index (κ3) is 1.40. The molecule has 2 rings (SSSR count). The van der Waals surface area contributed by atoms with E-state index in [1.165, 1.54) is 13.0 Å². The fourth-order valence-corrected chi connectivity index (χ4v) is 1.75. The van der Waals surface area contributed by atoms with Gasteiger partial charge in [-0.3, -0.25) is 4.79 Å². The van der Waals surface area contributed by atoms with Gasteiger partial charge in [-0.25, -0.2) is 8.78 Å². The third-order valence-corrected chi connectivity index (χ3v) is 2.92. The minimum atomic E-state index is -0.975. The highest BCUT2D eigenvalue weighted by Gasteiger charge is 2.52. The number of carboxylic acids is 1. The molecule has 2 nitrogen and oxygen atoms in total. The first-order chi connectivity index (χ1) is 6.97. The fraction of sp³-hybridized carbons (Fsp3) is 0.364. The van der Waals surface area contributed by atoms with Crippen LogP contribution in [0.4, 0.5) is 8.78 Å². The second-order valence-electron chi connectivity index (χ2n) is 3.98. The van der Waals surface area contributed by atoms with Crippen LogP contribution in [0.1, 0.15) is 24.0 Å². The van der Waals surface area contributed by atoms with Crippen LogP contribution in [0, 0.1) is 18.6 Å². The van der Waals surface area contributed by atoms with Crippen molar-refractivity contribution in [2.75, 3.05) is 0 Å². The standard InChI is InChI=1S/C11H10F2O2/c1-6-4-7(5-8(12)9(6)13)11(2-3-11)10(14)15/h4-5H,2-3H2,1H3,(H,14,15). The molecule has 0 aromatic heterocycles. The zero-order chi connectivity index (χ0) is 11.2. The molecule has 1 aliphatic carbocycles. The van der Waals surface area contributed by atoms with Gasteiger partial charge in [0.2, 0.25) is 0 Å². The van der Waals surface area contributed by atoms with E-state index in [1.54, 1.807) is 0 Å². The predicted octanol–water partition coefficient (Wildman–Crippen LogP) is 2.39. The van der Waals surface area contributed by atoms with Gasteiger partial charge in [-0.1, -0.05) is 6.07 Å². The second kappa shape index (κ2) is 3.02. The molecule has 80 valence electrons. The molecule has 0 bridgehead atoms. The molecule has 0 aliphatic heterocycles. The Morgan fingerprint density at radius 2 is 2.00 bits per heavy atom. The summed E-state index contributed by atoms with van der Waals surface area (Å²) in [5.74, 6) is -2.84. The van der Waals surface area contributed by atoms with Crippen LogP contribution in [0.15, 0.2) is 12.1 Å². The van der Waals surface area contributed by atoms with Crippen molar-refractivity contribution in [1.29, 1.82) is 0 Å². The van der Waals surface area contributed by atoms with E-state index in [0.29, 0.717) is 18.4 Å². The number of aliphatic carboxylic acids is 1. The monoisotopic (exact) mass is 212 g/mol. The second-order valence-corrected chi connectivity index (χ2v) is 3.98. The normalized spacial score (nSPS) is 17.5. The van der Waals surface area contributed by atoms with Gasteiger partial charge < -0.3 is 5.11 Å². The number of carbonyl (C=O) groups is 1. The van der Waals surface area contributed by atoms with Gasteiger partial charge >= 0.3 is 5.97 Å². The van der Waals surface area contributed by atoms with E-state index in [9.17, 15) is 13.6 Å². The first-order valence-electron chi connectivity index (χ1n) is 4.67. The van der Waals surface area contributed by atoms with E-state index < -0.39 is 23.0 Å². The van der Waals surface area contributed by atoms with E-state index in [4.69, 9.17) is 5.11 Å². The molecule has 4 heteroatoms. The summed E-state index contributed by atoms with van der Waals surface area (Å²) in [5, 5.41) is 8.99. The van der Waals surface area contributed by atoms with E-state index in [1.807, 2.05) is 0 Å². The maximum absolute atomic E-state index is 13.1. The highest BCUT2D eigenvalue weighted by molar-refractivity contribution is 5.84. The lowest BCUT2D eigenvalue weighted by Crippen LogP contribution is -2.20. The molecule has 0 saturated heterocycles. The summed E-state index contributed by atoms with van der Waals surface area (Å²) < 4.78 is 26.1. The Morgan fingerprint density at radius 1 is 1.40 bits per heavy atom. The van der Waals surface area contributed by atoms with Crippen molar-refractivity contribution in [1.82, 2.24) is 0 Å². The Kier molecular flexibility index (Phi) is 2.03. The molecule has 0 heterocycles. The summed E-state index contributed by atoms with van der Waals surface area (Å²) in [4.78, 5) is 11.0. The summed E-state index contributed by atoms with van der Waals surface area (Å²) in [6.07, 6.45) is 0.986. The number of rotatable bonds is 2. The Hall–Kier alpha value is -1.45. The van der Waals surface area contributed by atoms with Crippen LogP contribution >= 0.6 is 0 Å². The molecule has 15 heavy (non-hydrogen) atoms. The van der Waals surface area contributed by atoms with Crippen LogP contribution in [-0.2, 0) is 10.2 Å². The lowest BCUT2D eigenvalue weighted by molar-refractivity contribution is -0.140. The topological polar surface area (TPSA) is 37.3 Å². The molecular formula is C11H10F2O2. The molecule has 0 amide bonds. The number of carboxylic acid groups (broad SMARTS) is 1. The SMILES string of the molecule is Cc1cc(C2(C(=O)O)CC2)cc(F)c1F. The molecule has 1 aliphatic rings. The molecule has 1 aromatic carbocycles. The van der Waals surface area contributed by atoms with Crippen LogP contribution < -0.4 is 0 Å². The van der Waals surface area contributed by atoms with Crippen molar-refractivity contribution >= 4 is 5.97 Å². The number of halogens is 2. The zero-order valence-corrected chi connectivity index (χ0v) is 8.18. The molecular weight excluding hydrogens is 202 g/mol.